The highest BCUT2D eigenvalue weighted by atomic mass is 19.1. The number of halogens is 1. The fraction of sp³-hybridized carbons (Fsp3) is 0.379. The highest BCUT2D eigenvalue weighted by molar-refractivity contribution is 5.68. The fourth-order valence-electron chi connectivity index (χ4n) is 5.60. The molecule has 2 saturated heterocycles. The van der Waals surface area contributed by atoms with Crippen LogP contribution in [0.25, 0.3) is 0 Å². The van der Waals surface area contributed by atoms with E-state index in [1.165, 1.54) is 12.1 Å². The number of hydrogen-bond acceptors (Lipinski definition) is 10. The predicted octanol–water partition coefficient (Wildman–Crippen LogP) is 1.04. The molecule has 3 aromatic rings. The van der Waals surface area contributed by atoms with Gasteiger partial charge in [-0.3, -0.25) is 9.59 Å². The number of aromatic hydroxyl groups is 2. The SMILES string of the molecule is CN1CCN(c2[nH]c(=O)c(C(c3ccc(F)cc3)c3c(O)c(C#N)c(N4CCN(C)CC4)[nH]c3=O)c(O)c2C#N)CC1. The van der Waals surface area contributed by atoms with Crippen molar-refractivity contribution < 1.29 is 14.6 Å². The molecule has 13 heteroatoms. The first-order valence-electron chi connectivity index (χ1n) is 13.6. The smallest absolute Gasteiger partial charge is 0.257 e. The summed E-state index contributed by atoms with van der Waals surface area (Å²) in [6.45, 7) is 4.70. The summed E-state index contributed by atoms with van der Waals surface area (Å²) in [5, 5.41) is 43.0. The number of aromatic nitrogens is 2. The van der Waals surface area contributed by atoms with Gasteiger partial charge in [0.2, 0.25) is 0 Å². The number of anilines is 2. The Hall–Kier alpha value is -4.85. The van der Waals surface area contributed by atoms with Crippen LogP contribution in [0.3, 0.4) is 0 Å². The number of pyridine rings is 2. The number of nitriles is 2. The molecule has 0 aliphatic carbocycles. The number of nitrogens with one attached hydrogen (secondary N) is 2. The van der Waals surface area contributed by atoms with Gasteiger partial charge >= 0.3 is 0 Å². The summed E-state index contributed by atoms with van der Waals surface area (Å²) >= 11 is 0. The summed E-state index contributed by atoms with van der Waals surface area (Å²) in [7, 11) is 3.90. The standard InChI is InChI=1S/C29H31FN8O4/c1-35-7-11-37(12-8-35)26-19(15-31)24(39)22(28(41)33-26)21(17-3-5-18(30)6-4-17)23-25(40)20(16-32)27(34-29(23)42)38-13-9-36(2)10-14-38/h3-6,21H,7-14H2,1-2H3,(H2,33,39,41)(H2,34,40,42). The van der Waals surface area contributed by atoms with Crippen LogP contribution in [0.4, 0.5) is 16.0 Å². The summed E-state index contributed by atoms with van der Waals surface area (Å²) in [5.74, 6) is -3.05. The molecule has 4 heterocycles. The maximum Gasteiger partial charge on any atom is 0.257 e. The zero-order valence-corrected chi connectivity index (χ0v) is 23.3. The highest BCUT2D eigenvalue weighted by Crippen LogP contribution is 2.42. The fourth-order valence-corrected chi connectivity index (χ4v) is 5.60. The molecule has 2 fully saturated rings. The lowest BCUT2D eigenvalue weighted by Gasteiger charge is -2.34. The van der Waals surface area contributed by atoms with E-state index in [1.807, 2.05) is 26.2 Å². The molecule has 5 rings (SSSR count). The lowest BCUT2D eigenvalue weighted by molar-refractivity contribution is 0.311. The molecule has 2 aliphatic rings. The second-order valence-electron chi connectivity index (χ2n) is 10.7. The van der Waals surface area contributed by atoms with Gasteiger partial charge in [-0.25, -0.2) is 4.39 Å². The number of likely N-dealkylation sites (N-methyl/N-ethyl adjacent to an activating group) is 2. The maximum atomic E-state index is 13.9. The molecule has 0 saturated carbocycles. The molecular formula is C29H31FN8O4. The number of nitrogens with zero attached hydrogens (tertiary/aromatic N) is 6. The molecule has 0 spiro atoms. The normalized spacial score (nSPS) is 16.4. The largest absolute Gasteiger partial charge is 0.506 e. The molecule has 0 radical (unpaired) electrons. The molecule has 2 aliphatic heterocycles. The number of H-pyrrole nitrogens is 2. The van der Waals surface area contributed by atoms with Crippen LogP contribution in [0.1, 0.15) is 33.7 Å². The van der Waals surface area contributed by atoms with Crippen LogP contribution in [0.2, 0.25) is 0 Å². The third-order valence-electron chi connectivity index (χ3n) is 8.05. The van der Waals surface area contributed by atoms with Crippen LogP contribution < -0.4 is 20.9 Å². The van der Waals surface area contributed by atoms with Gasteiger partial charge in [0.25, 0.3) is 11.1 Å². The monoisotopic (exact) mass is 574 g/mol. The quantitative estimate of drug-likeness (QED) is 0.346. The molecule has 0 atom stereocenters. The zero-order valence-electron chi connectivity index (χ0n) is 23.3. The van der Waals surface area contributed by atoms with Crippen LogP contribution in [0, 0.1) is 28.5 Å². The maximum absolute atomic E-state index is 13.9. The average Bonchev–Trinajstić information content (AvgIpc) is 2.97. The lowest BCUT2D eigenvalue weighted by Crippen LogP contribution is -2.46. The number of piperazine rings is 2. The van der Waals surface area contributed by atoms with Crippen molar-refractivity contribution in [2.75, 3.05) is 76.3 Å². The molecule has 2 aromatic heterocycles. The molecular weight excluding hydrogens is 543 g/mol. The second kappa shape index (κ2) is 11.6. The number of benzene rings is 1. The first-order chi connectivity index (χ1) is 20.1. The summed E-state index contributed by atoms with van der Waals surface area (Å²) < 4.78 is 13.9. The minimum Gasteiger partial charge on any atom is -0.506 e. The van der Waals surface area contributed by atoms with Crippen molar-refractivity contribution in [1.29, 1.82) is 10.5 Å². The van der Waals surface area contributed by atoms with Crippen molar-refractivity contribution >= 4 is 11.6 Å². The van der Waals surface area contributed by atoms with Crippen molar-refractivity contribution in [2.45, 2.75) is 5.92 Å². The van der Waals surface area contributed by atoms with E-state index < -0.39 is 34.4 Å². The van der Waals surface area contributed by atoms with Gasteiger partial charge in [0.05, 0.1) is 17.0 Å². The van der Waals surface area contributed by atoms with Crippen molar-refractivity contribution in [3.63, 3.8) is 0 Å². The van der Waals surface area contributed by atoms with Crippen LogP contribution in [0.5, 0.6) is 11.5 Å². The van der Waals surface area contributed by atoms with Gasteiger partial charge in [0.1, 0.15) is 52.2 Å². The Morgan fingerprint density at radius 3 is 1.48 bits per heavy atom. The third kappa shape index (κ3) is 5.16. The Morgan fingerprint density at radius 2 is 1.12 bits per heavy atom. The topological polar surface area (TPSA) is 167 Å². The number of aromatic amines is 2. The van der Waals surface area contributed by atoms with Crippen LogP contribution in [0.15, 0.2) is 33.9 Å². The van der Waals surface area contributed by atoms with Crippen LogP contribution in [-0.2, 0) is 0 Å². The molecule has 0 bridgehead atoms. The average molecular weight is 575 g/mol. The van der Waals surface area contributed by atoms with Gasteiger partial charge in [-0.15, -0.1) is 0 Å². The predicted molar refractivity (Wildman–Crippen MR) is 154 cm³/mol. The molecule has 0 amide bonds. The van der Waals surface area contributed by atoms with Gasteiger partial charge in [-0.1, -0.05) is 12.1 Å². The Bertz CT molecular complexity index is 1590. The summed E-state index contributed by atoms with van der Waals surface area (Å²) in [6, 6.07) is 8.81. The first-order valence-corrected chi connectivity index (χ1v) is 13.6. The molecule has 12 nitrogen and oxygen atoms in total. The van der Waals surface area contributed by atoms with Crippen LogP contribution >= 0.6 is 0 Å². The second-order valence-corrected chi connectivity index (χ2v) is 10.7. The summed E-state index contributed by atoms with van der Waals surface area (Å²) in [6.07, 6.45) is 0. The van der Waals surface area contributed by atoms with E-state index in [2.05, 4.69) is 19.8 Å². The summed E-state index contributed by atoms with van der Waals surface area (Å²) in [4.78, 5) is 40.6. The molecule has 218 valence electrons. The van der Waals surface area contributed by atoms with Crippen molar-refractivity contribution in [3.8, 4) is 23.6 Å². The Balaban J connectivity index is 1.73. The molecule has 4 N–H and O–H groups in total. The Kier molecular flexibility index (Phi) is 7.89. The zero-order chi connectivity index (χ0) is 30.1. The van der Waals surface area contributed by atoms with E-state index in [-0.39, 0.29) is 39.5 Å². The van der Waals surface area contributed by atoms with E-state index in [0.29, 0.717) is 52.4 Å². The van der Waals surface area contributed by atoms with Gasteiger partial charge in [-0.05, 0) is 31.8 Å². The highest BCUT2D eigenvalue weighted by Gasteiger charge is 2.35. The summed E-state index contributed by atoms with van der Waals surface area (Å²) in [5.41, 5.74) is -2.57. The minimum absolute atomic E-state index is 0.149. The minimum atomic E-state index is -1.44. The third-order valence-corrected chi connectivity index (χ3v) is 8.05. The molecule has 1 aromatic carbocycles. The van der Waals surface area contributed by atoms with E-state index in [1.54, 1.807) is 9.80 Å². The Morgan fingerprint density at radius 1 is 0.738 bits per heavy atom. The van der Waals surface area contributed by atoms with Gasteiger partial charge < -0.3 is 39.8 Å². The molecule has 42 heavy (non-hydrogen) atoms. The Labute approximate surface area is 241 Å². The van der Waals surface area contributed by atoms with E-state index in [0.717, 1.165) is 12.1 Å². The van der Waals surface area contributed by atoms with Crippen LogP contribution in [-0.4, -0.2) is 96.4 Å². The number of hydrogen-bond donors (Lipinski definition) is 4. The van der Waals surface area contributed by atoms with Crippen molar-refractivity contribution in [2.24, 2.45) is 0 Å². The van der Waals surface area contributed by atoms with Gasteiger partial charge in [-0.2, -0.15) is 10.5 Å². The van der Waals surface area contributed by atoms with Crippen molar-refractivity contribution in [1.82, 2.24) is 19.8 Å². The van der Waals surface area contributed by atoms with Crippen molar-refractivity contribution in [3.05, 3.63) is 78.6 Å². The number of rotatable bonds is 5. The van der Waals surface area contributed by atoms with E-state index in [9.17, 15) is 34.7 Å². The first kappa shape index (κ1) is 28.7. The molecule has 0 unspecified atom stereocenters. The van der Waals surface area contributed by atoms with Gasteiger partial charge in [0, 0.05) is 52.4 Å². The van der Waals surface area contributed by atoms with E-state index >= 15 is 0 Å². The lowest BCUT2D eigenvalue weighted by atomic mass is 9.84. The van der Waals surface area contributed by atoms with E-state index in [4.69, 9.17) is 0 Å². The van der Waals surface area contributed by atoms with Gasteiger partial charge in [0.15, 0.2) is 0 Å².